The maximum absolute atomic E-state index is 15.3. The Morgan fingerprint density at radius 3 is 2.76 bits per heavy atom. The van der Waals surface area contributed by atoms with Crippen molar-refractivity contribution in [2.75, 3.05) is 23.7 Å². The fourth-order valence-corrected chi connectivity index (χ4v) is 8.65. The van der Waals surface area contributed by atoms with Crippen LogP contribution in [-0.4, -0.2) is 85.7 Å². The predicted molar refractivity (Wildman–Crippen MR) is 159 cm³/mol. The molecule has 0 radical (unpaired) electrons. The van der Waals surface area contributed by atoms with E-state index in [1.807, 2.05) is 20.8 Å². The first-order chi connectivity index (χ1) is 22.0. The molecule has 2 aromatic rings. The predicted octanol–water partition coefficient (Wildman–Crippen LogP) is 2.88. The molecule has 3 aliphatic heterocycles. The van der Waals surface area contributed by atoms with Gasteiger partial charge < -0.3 is 29.6 Å². The maximum Gasteiger partial charge on any atom is 0.316 e. The molecule has 5 fully saturated rings. The molecule has 8 rings (SSSR count). The number of likely N-dealkylation sites (tertiary alicyclic amines) is 2. The standard InChI is InChI=1S/C32H37FN8O5/c1-31(2,3)24(36-30-39-38-26(45-30)15-6-7-15)28(43)40-13-19-16-9-18(20(33)10-16)22(19)23(40)27(42)41-14-32(11-17(41)12-34)29(44)37-25-21(46-32)5-4-8-35-25/h4-5,8,15-20,22-24H,6-7,9-11,13-14H2,1-3H3,(H,36,39)(H,35,37,44). The first-order valence-electron chi connectivity index (χ1n) is 16.2. The van der Waals surface area contributed by atoms with Crippen LogP contribution in [-0.2, 0) is 14.4 Å². The number of alkyl halides is 1. The van der Waals surface area contributed by atoms with Gasteiger partial charge in [0.15, 0.2) is 11.6 Å². The van der Waals surface area contributed by atoms with Crippen LogP contribution < -0.4 is 15.4 Å². The highest BCUT2D eigenvalue weighted by molar-refractivity contribution is 6.01. The van der Waals surface area contributed by atoms with Crippen LogP contribution in [0.4, 0.5) is 16.2 Å². The molecule has 3 saturated carbocycles. The molecule has 9 unspecified atom stereocenters. The van der Waals surface area contributed by atoms with Crippen molar-refractivity contribution in [2.45, 2.75) is 88.7 Å². The third kappa shape index (κ3) is 4.45. The molecule has 242 valence electrons. The topological polar surface area (TPSA) is 167 Å². The first kappa shape index (κ1) is 29.1. The van der Waals surface area contributed by atoms with Crippen LogP contribution in [0.1, 0.15) is 64.7 Å². The number of halogens is 1. The zero-order valence-corrected chi connectivity index (χ0v) is 26.0. The highest BCUT2D eigenvalue weighted by Gasteiger charge is 2.65. The van der Waals surface area contributed by atoms with Gasteiger partial charge in [0.1, 0.15) is 24.3 Å². The van der Waals surface area contributed by atoms with Crippen molar-refractivity contribution in [3.63, 3.8) is 0 Å². The summed E-state index contributed by atoms with van der Waals surface area (Å²) in [4.78, 5) is 49.9. The molecule has 2 bridgehead atoms. The molecule has 2 saturated heterocycles. The number of carbonyl (C=O) groups excluding carboxylic acids is 3. The highest BCUT2D eigenvalue weighted by Crippen LogP contribution is 2.59. The molecule has 13 nitrogen and oxygen atoms in total. The Hall–Kier alpha value is -4.28. The number of rotatable bonds is 5. The summed E-state index contributed by atoms with van der Waals surface area (Å²) in [6, 6.07) is 2.87. The van der Waals surface area contributed by atoms with Crippen LogP contribution in [0.5, 0.6) is 5.75 Å². The van der Waals surface area contributed by atoms with Crippen LogP contribution in [0.3, 0.4) is 0 Å². The summed E-state index contributed by atoms with van der Waals surface area (Å²) in [5.41, 5.74) is -2.12. The number of nitrogens with zero attached hydrogens (tertiary/aromatic N) is 6. The largest absolute Gasteiger partial charge is 0.472 e. The summed E-state index contributed by atoms with van der Waals surface area (Å²) >= 11 is 0. The van der Waals surface area contributed by atoms with Crippen molar-refractivity contribution in [2.24, 2.45) is 29.1 Å². The number of anilines is 2. The number of amides is 3. The zero-order valence-electron chi connectivity index (χ0n) is 26.0. The van der Waals surface area contributed by atoms with Crippen molar-refractivity contribution in [1.29, 1.82) is 5.26 Å². The van der Waals surface area contributed by atoms with Gasteiger partial charge in [-0.1, -0.05) is 25.9 Å². The molecule has 0 aromatic carbocycles. The van der Waals surface area contributed by atoms with E-state index in [0.29, 0.717) is 31.0 Å². The van der Waals surface area contributed by atoms with Gasteiger partial charge in [-0.05, 0) is 66.9 Å². The summed E-state index contributed by atoms with van der Waals surface area (Å²) < 4.78 is 27.3. The van der Waals surface area contributed by atoms with Gasteiger partial charge in [0.05, 0.1) is 12.6 Å². The Kier molecular flexibility index (Phi) is 6.40. The van der Waals surface area contributed by atoms with Crippen molar-refractivity contribution in [1.82, 2.24) is 25.0 Å². The Morgan fingerprint density at radius 1 is 1.22 bits per heavy atom. The number of ether oxygens (including phenoxy) is 1. The van der Waals surface area contributed by atoms with E-state index in [1.54, 1.807) is 17.0 Å². The number of nitrogens with one attached hydrogen (secondary N) is 2. The minimum Gasteiger partial charge on any atom is -0.472 e. The van der Waals surface area contributed by atoms with E-state index in [-0.39, 0.29) is 54.4 Å². The summed E-state index contributed by atoms with van der Waals surface area (Å²) in [6.07, 6.45) is 3.50. The van der Waals surface area contributed by atoms with Gasteiger partial charge in [0.2, 0.25) is 23.3 Å². The van der Waals surface area contributed by atoms with E-state index >= 15 is 4.39 Å². The lowest BCUT2D eigenvalue weighted by Crippen LogP contribution is -2.58. The number of aromatic nitrogens is 3. The Balaban J connectivity index is 1.12. The van der Waals surface area contributed by atoms with E-state index in [4.69, 9.17) is 9.15 Å². The second-order valence-corrected chi connectivity index (χ2v) is 15.0. The molecule has 6 aliphatic rings. The van der Waals surface area contributed by atoms with E-state index in [2.05, 4.69) is 31.9 Å². The Labute approximate surface area is 265 Å². The van der Waals surface area contributed by atoms with Gasteiger partial charge in [0.25, 0.3) is 5.91 Å². The smallest absolute Gasteiger partial charge is 0.316 e. The number of carbonyl (C=O) groups is 3. The van der Waals surface area contributed by atoms with Gasteiger partial charge in [-0.25, -0.2) is 9.37 Å². The quantitative estimate of drug-likeness (QED) is 0.500. The SMILES string of the molecule is CC(C)(C)C(Nc1nnc(C2CC2)o1)C(=O)N1CC2C3CC(F)C(C3)C2C1C(=O)N1CC2(CC1C#N)Oc1cccnc1NC2=O. The third-order valence-corrected chi connectivity index (χ3v) is 11.0. The van der Waals surface area contributed by atoms with Crippen LogP contribution in [0, 0.1) is 40.4 Å². The molecule has 3 aliphatic carbocycles. The average molecular weight is 633 g/mol. The average Bonchev–Trinajstić information content (AvgIpc) is 3.37. The van der Waals surface area contributed by atoms with E-state index < -0.39 is 53.0 Å². The van der Waals surface area contributed by atoms with Crippen molar-refractivity contribution in [3.8, 4) is 11.8 Å². The number of hydrogen-bond donors (Lipinski definition) is 2. The van der Waals surface area contributed by atoms with Crippen molar-refractivity contribution >= 4 is 29.6 Å². The van der Waals surface area contributed by atoms with Crippen LogP contribution >= 0.6 is 0 Å². The van der Waals surface area contributed by atoms with Crippen LogP contribution in [0.15, 0.2) is 22.7 Å². The summed E-state index contributed by atoms with van der Waals surface area (Å²) in [5, 5.41) is 24.4. The molecule has 14 heteroatoms. The normalized spacial score (nSPS) is 34.9. The molecule has 2 aromatic heterocycles. The lowest BCUT2D eigenvalue weighted by molar-refractivity contribution is -0.148. The Morgan fingerprint density at radius 2 is 2.02 bits per heavy atom. The minimum atomic E-state index is -1.50. The van der Waals surface area contributed by atoms with E-state index in [1.165, 1.54) is 11.1 Å². The number of hydrogen-bond acceptors (Lipinski definition) is 10. The molecule has 3 amide bonds. The minimum absolute atomic E-state index is 0.0373. The van der Waals surface area contributed by atoms with Crippen molar-refractivity contribution in [3.05, 3.63) is 24.2 Å². The summed E-state index contributed by atoms with van der Waals surface area (Å²) in [5.74, 6) is -0.581. The summed E-state index contributed by atoms with van der Waals surface area (Å²) in [7, 11) is 0. The fourth-order valence-electron chi connectivity index (χ4n) is 8.65. The molecule has 9 atom stereocenters. The number of fused-ring (bicyclic) bond motifs is 6. The maximum atomic E-state index is 15.3. The van der Waals surface area contributed by atoms with Gasteiger partial charge in [-0.2, -0.15) is 5.26 Å². The number of nitriles is 1. The van der Waals surface area contributed by atoms with Gasteiger partial charge in [-0.3, -0.25) is 14.4 Å². The van der Waals surface area contributed by atoms with Crippen molar-refractivity contribution < 1.29 is 27.9 Å². The highest BCUT2D eigenvalue weighted by atomic mass is 19.1. The lowest BCUT2D eigenvalue weighted by atomic mass is 9.77. The molecule has 46 heavy (non-hydrogen) atoms. The van der Waals surface area contributed by atoms with Crippen LogP contribution in [0.2, 0.25) is 0 Å². The van der Waals surface area contributed by atoms with Gasteiger partial charge >= 0.3 is 6.01 Å². The zero-order chi connectivity index (χ0) is 32.1. The second kappa shape index (κ2) is 10.1. The Bertz CT molecular complexity index is 1650. The van der Waals surface area contributed by atoms with E-state index in [9.17, 15) is 19.6 Å². The van der Waals surface area contributed by atoms with Gasteiger partial charge in [-0.15, -0.1) is 5.10 Å². The molecule has 1 spiro atoms. The summed E-state index contributed by atoms with van der Waals surface area (Å²) in [6.45, 7) is 5.87. The number of pyridine rings is 1. The van der Waals surface area contributed by atoms with Gasteiger partial charge in [0, 0.05) is 25.1 Å². The molecule has 5 heterocycles. The molecular weight excluding hydrogens is 595 g/mol. The fraction of sp³-hybridized carbons (Fsp3) is 0.656. The van der Waals surface area contributed by atoms with E-state index in [0.717, 1.165) is 12.8 Å². The monoisotopic (exact) mass is 632 g/mol. The molecular formula is C32H37FN8O5. The van der Waals surface area contributed by atoms with Crippen LogP contribution in [0.25, 0.3) is 0 Å². The second-order valence-electron chi connectivity index (χ2n) is 15.0. The first-order valence-corrected chi connectivity index (χ1v) is 16.2. The lowest BCUT2D eigenvalue weighted by Gasteiger charge is -2.38. The third-order valence-electron chi connectivity index (χ3n) is 11.0. The molecule has 2 N–H and O–H groups in total.